The zero-order valence-electron chi connectivity index (χ0n) is 16.2. The Morgan fingerprint density at radius 3 is 2.27 bits per heavy atom. The van der Waals surface area contributed by atoms with Crippen LogP contribution in [0.5, 0.6) is 0 Å². The van der Waals surface area contributed by atoms with Crippen molar-refractivity contribution in [3.05, 3.63) is 44.5 Å². The van der Waals surface area contributed by atoms with E-state index in [-0.39, 0.29) is 24.0 Å². The van der Waals surface area contributed by atoms with E-state index in [0.29, 0.717) is 17.6 Å². The summed E-state index contributed by atoms with van der Waals surface area (Å²) in [6.07, 6.45) is 0.628. The highest BCUT2D eigenvalue weighted by molar-refractivity contribution is 6.00. The average Bonchev–Trinajstić information content (AvgIpc) is 2.84. The third kappa shape index (κ3) is 3.02. The fraction of sp³-hybridized carbons (Fsp3) is 0.429. The molecule has 0 saturated heterocycles. The van der Waals surface area contributed by atoms with Crippen molar-refractivity contribution < 1.29 is 13.6 Å². The minimum absolute atomic E-state index is 0.0631. The monoisotopic (exact) mass is 355 g/mol. The molecule has 2 aromatic heterocycles. The van der Waals surface area contributed by atoms with Crippen molar-refractivity contribution in [3.63, 3.8) is 0 Å². The molecule has 0 fully saturated rings. The molecular formula is C21H25NO4. The van der Waals surface area contributed by atoms with Crippen LogP contribution in [0.2, 0.25) is 0 Å². The van der Waals surface area contributed by atoms with Crippen LogP contribution >= 0.6 is 0 Å². The summed E-state index contributed by atoms with van der Waals surface area (Å²) in [7, 11) is 0. The molecule has 5 heteroatoms. The van der Waals surface area contributed by atoms with Crippen LogP contribution in [0.25, 0.3) is 21.9 Å². The standard InChI is InChI=1S/C21H25NO4/c1-10(2)22-18(23)8-7-15-12(4)17-9-16-11(3)14(6)25-19(16)13(5)20(17)26-21(15)24/h9-10H,7-8H2,1-6H3,(H,22,23). The zero-order chi connectivity index (χ0) is 19.2. The number of aryl methyl sites for hydroxylation is 4. The van der Waals surface area contributed by atoms with Crippen molar-refractivity contribution in [2.24, 2.45) is 0 Å². The van der Waals surface area contributed by atoms with Gasteiger partial charge in [0.2, 0.25) is 5.91 Å². The van der Waals surface area contributed by atoms with Gasteiger partial charge in [-0.25, -0.2) is 4.79 Å². The van der Waals surface area contributed by atoms with E-state index in [1.807, 2.05) is 47.6 Å². The Bertz CT molecular complexity index is 1070. The lowest BCUT2D eigenvalue weighted by Gasteiger charge is -2.11. The molecule has 0 atom stereocenters. The van der Waals surface area contributed by atoms with Gasteiger partial charge in [-0.2, -0.15) is 0 Å². The second-order valence-electron chi connectivity index (χ2n) is 7.25. The fourth-order valence-electron chi connectivity index (χ4n) is 3.41. The molecule has 0 saturated carbocycles. The van der Waals surface area contributed by atoms with Gasteiger partial charge in [0.1, 0.15) is 16.9 Å². The van der Waals surface area contributed by atoms with E-state index in [2.05, 4.69) is 5.32 Å². The number of hydrogen-bond donors (Lipinski definition) is 1. The minimum Gasteiger partial charge on any atom is -0.461 e. The van der Waals surface area contributed by atoms with E-state index >= 15 is 0 Å². The lowest BCUT2D eigenvalue weighted by molar-refractivity contribution is -0.121. The molecular weight excluding hydrogens is 330 g/mol. The largest absolute Gasteiger partial charge is 0.461 e. The van der Waals surface area contributed by atoms with Crippen molar-refractivity contribution in [2.45, 2.75) is 60.4 Å². The quantitative estimate of drug-likeness (QED) is 0.711. The second kappa shape index (κ2) is 6.63. The SMILES string of the molecule is Cc1oc2c(C)c3oc(=O)c(CCC(=O)NC(C)C)c(C)c3cc2c1C. The molecule has 26 heavy (non-hydrogen) atoms. The first-order valence-electron chi connectivity index (χ1n) is 8.95. The third-order valence-electron chi connectivity index (χ3n) is 5.00. The molecule has 3 aromatic rings. The first-order valence-corrected chi connectivity index (χ1v) is 8.95. The topological polar surface area (TPSA) is 72.5 Å². The Morgan fingerprint density at radius 2 is 1.62 bits per heavy atom. The minimum atomic E-state index is -0.380. The molecule has 0 spiro atoms. The summed E-state index contributed by atoms with van der Waals surface area (Å²) in [4.78, 5) is 24.5. The smallest absolute Gasteiger partial charge is 0.339 e. The number of hydrogen-bond acceptors (Lipinski definition) is 4. The van der Waals surface area contributed by atoms with Crippen LogP contribution in [0.3, 0.4) is 0 Å². The lowest BCUT2D eigenvalue weighted by atomic mass is 9.98. The number of rotatable bonds is 4. The summed E-state index contributed by atoms with van der Waals surface area (Å²) in [6, 6.07) is 2.11. The van der Waals surface area contributed by atoms with Crippen molar-refractivity contribution in [3.8, 4) is 0 Å². The van der Waals surface area contributed by atoms with Crippen LogP contribution in [0, 0.1) is 27.7 Å². The van der Waals surface area contributed by atoms with Gasteiger partial charge in [-0.3, -0.25) is 4.79 Å². The molecule has 138 valence electrons. The van der Waals surface area contributed by atoms with Crippen LogP contribution < -0.4 is 10.9 Å². The molecule has 0 bridgehead atoms. The van der Waals surface area contributed by atoms with Crippen LogP contribution in [-0.4, -0.2) is 11.9 Å². The van der Waals surface area contributed by atoms with E-state index in [9.17, 15) is 9.59 Å². The Kier molecular flexibility index (Phi) is 4.65. The first-order chi connectivity index (χ1) is 12.2. The zero-order valence-corrected chi connectivity index (χ0v) is 16.2. The van der Waals surface area contributed by atoms with E-state index in [1.165, 1.54) is 0 Å². The number of amides is 1. The number of carbonyl (C=O) groups is 1. The van der Waals surface area contributed by atoms with Crippen LogP contribution in [0.15, 0.2) is 19.7 Å². The molecule has 0 radical (unpaired) electrons. The van der Waals surface area contributed by atoms with Gasteiger partial charge in [0.15, 0.2) is 0 Å². The molecule has 1 amide bonds. The highest BCUT2D eigenvalue weighted by Gasteiger charge is 2.19. The highest BCUT2D eigenvalue weighted by Crippen LogP contribution is 2.34. The van der Waals surface area contributed by atoms with Gasteiger partial charge in [-0.15, -0.1) is 0 Å². The van der Waals surface area contributed by atoms with Crippen LogP contribution in [-0.2, 0) is 11.2 Å². The average molecular weight is 355 g/mol. The van der Waals surface area contributed by atoms with Gasteiger partial charge in [0, 0.05) is 34.4 Å². The Morgan fingerprint density at radius 1 is 1.00 bits per heavy atom. The van der Waals surface area contributed by atoms with E-state index in [0.717, 1.165) is 38.8 Å². The molecule has 0 aliphatic carbocycles. The molecule has 5 nitrogen and oxygen atoms in total. The molecule has 1 N–H and O–H groups in total. The predicted molar refractivity (Wildman–Crippen MR) is 103 cm³/mol. The van der Waals surface area contributed by atoms with Crippen molar-refractivity contribution in [2.75, 3.05) is 0 Å². The van der Waals surface area contributed by atoms with Crippen molar-refractivity contribution >= 4 is 27.8 Å². The van der Waals surface area contributed by atoms with Gasteiger partial charge in [0.25, 0.3) is 0 Å². The number of nitrogens with one attached hydrogen (secondary N) is 1. The van der Waals surface area contributed by atoms with Gasteiger partial charge < -0.3 is 14.2 Å². The van der Waals surface area contributed by atoms with Gasteiger partial charge in [-0.05, 0) is 65.2 Å². The third-order valence-corrected chi connectivity index (χ3v) is 5.00. The Hall–Kier alpha value is -2.56. The number of furan rings is 1. The maximum Gasteiger partial charge on any atom is 0.339 e. The molecule has 0 aliphatic heterocycles. The highest BCUT2D eigenvalue weighted by atomic mass is 16.4. The summed E-state index contributed by atoms with van der Waals surface area (Å²) in [5, 5.41) is 4.78. The second-order valence-corrected chi connectivity index (χ2v) is 7.25. The summed E-state index contributed by atoms with van der Waals surface area (Å²) < 4.78 is 11.5. The van der Waals surface area contributed by atoms with Crippen LogP contribution in [0.1, 0.15) is 48.3 Å². The van der Waals surface area contributed by atoms with Crippen molar-refractivity contribution in [1.29, 1.82) is 0 Å². The number of fused-ring (bicyclic) bond motifs is 2. The maximum atomic E-state index is 12.5. The van der Waals surface area contributed by atoms with E-state index in [4.69, 9.17) is 8.83 Å². The number of carbonyl (C=O) groups excluding carboxylic acids is 1. The first kappa shape index (κ1) is 18.2. The lowest BCUT2D eigenvalue weighted by Crippen LogP contribution is -2.30. The van der Waals surface area contributed by atoms with E-state index in [1.54, 1.807) is 0 Å². The Balaban J connectivity index is 2.12. The van der Waals surface area contributed by atoms with Crippen LogP contribution in [0.4, 0.5) is 0 Å². The summed E-state index contributed by atoms with van der Waals surface area (Å²) in [5.74, 6) is 0.802. The summed E-state index contributed by atoms with van der Waals surface area (Å²) in [6.45, 7) is 11.6. The molecule has 0 aliphatic rings. The normalized spacial score (nSPS) is 11.7. The summed E-state index contributed by atoms with van der Waals surface area (Å²) >= 11 is 0. The predicted octanol–water partition coefficient (Wildman–Crippen LogP) is 4.23. The fourth-order valence-corrected chi connectivity index (χ4v) is 3.41. The summed E-state index contributed by atoms with van der Waals surface area (Å²) in [5.41, 5.74) is 4.30. The molecule has 3 rings (SSSR count). The molecule has 2 heterocycles. The van der Waals surface area contributed by atoms with Crippen molar-refractivity contribution in [1.82, 2.24) is 5.32 Å². The van der Waals surface area contributed by atoms with Gasteiger partial charge in [0.05, 0.1) is 0 Å². The van der Waals surface area contributed by atoms with Gasteiger partial charge in [-0.1, -0.05) is 0 Å². The van der Waals surface area contributed by atoms with E-state index < -0.39 is 0 Å². The number of benzene rings is 1. The maximum absolute atomic E-state index is 12.5. The molecule has 0 unspecified atom stereocenters. The molecule has 1 aromatic carbocycles. The van der Waals surface area contributed by atoms with Gasteiger partial charge >= 0.3 is 5.63 Å². The Labute approximate surface area is 152 Å².